The largest absolute Gasteiger partial charge is 0.328 e. The van der Waals surface area contributed by atoms with Crippen LogP contribution >= 0.6 is 0 Å². The third kappa shape index (κ3) is 2.78. The van der Waals surface area contributed by atoms with Gasteiger partial charge in [-0.05, 0) is 50.7 Å². The van der Waals surface area contributed by atoms with Gasteiger partial charge in [-0.25, -0.2) is 17.7 Å². The number of nitrogens with zero attached hydrogens (tertiary/aromatic N) is 3. The van der Waals surface area contributed by atoms with Crippen molar-refractivity contribution in [3.8, 4) is 0 Å². The van der Waals surface area contributed by atoms with E-state index in [1.807, 2.05) is 25.1 Å². The predicted octanol–water partition coefficient (Wildman–Crippen LogP) is 2.55. The minimum Gasteiger partial charge on any atom is -0.328 e. The highest BCUT2D eigenvalue weighted by molar-refractivity contribution is 7.90. The van der Waals surface area contributed by atoms with E-state index in [-0.39, 0.29) is 5.25 Å². The van der Waals surface area contributed by atoms with Crippen LogP contribution in [0.5, 0.6) is 0 Å². The molecule has 1 saturated carbocycles. The molecule has 5 nitrogen and oxygen atoms in total. The number of hydrogen-bond acceptors (Lipinski definition) is 3. The van der Waals surface area contributed by atoms with Crippen molar-refractivity contribution in [1.82, 2.24) is 13.9 Å². The summed E-state index contributed by atoms with van der Waals surface area (Å²) in [5, 5.41) is -0.0844. The molecule has 0 bridgehead atoms. The lowest BCUT2D eigenvalue weighted by Gasteiger charge is -2.31. The molecule has 2 fully saturated rings. The maximum absolute atomic E-state index is 12.3. The monoisotopic (exact) mass is 333 g/mol. The quantitative estimate of drug-likeness (QED) is 0.864. The molecule has 6 heteroatoms. The van der Waals surface area contributed by atoms with E-state index in [9.17, 15) is 8.42 Å². The van der Waals surface area contributed by atoms with Crippen LogP contribution in [0.3, 0.4) is 0 Å². The van der Waals surface area contributed by atoms with Crippen LogP contribution < -0.4 is 0 Å². The summed E-state index contributed by atoms with van der Waals surface area (Å²) in [4.78, 5) is 4.62. The number of aryl methyl sites for hydroxylation is 1. The molecular formula is C17H23N3O2S. The van der Waals surface area contributed by atoms with Crippen molar-refractivity contribution in [2.24, 2.45) is 5.92 Å². The Balaban J connectivity index is 1.46. The van der Waals surface area contributed by atoms with E-state index >= 15 is 0 Å². The lowest BCUT2D eigenvalue weighted by Crippen LogP contribution is -2.41. The summed E-state index contributed by atoms with van der Waals surface area (Å²) in [5.74, 6) is 1.57. The second-order valence-corrected chi connectivity index (χ2v) is 9.06. The van der Waals surface area contributed by atoms with E-state index in [1.165, 1.54) is 5.52 Å². The molecule has 124 valence electrons. The lowest BCUT2D eigenvalue weighted by atomic mass is 9.98. The number of hydrogen-bond donors (Lipinski definition) is 0. The Morgan fingerprint density at radius 3 is 2.52 bits per heavy atom. The van der Waals surface area contributed by atoms with E-state index in [4.69, 9.17) is 0 Å². The second kappa shape index (κ2) is 5.60. The number of benzene rings is 1. The van der Waals surface area contributed by atoms with Crippen LogP contribution in [0, 0.1) is 12.8 Å². The van der Waals surface area contributed by atoms with Crippen molar-refractivity contribution in [2.75, 3.05) is 13.1 Å². The minimum atomic E-state index is -3.00. The number of sulfonamides is 1. The Kier molecular flexibility index (Phi) is 3.69. The Bertz CT molecular complexity index is 815. The van der Waals surface area contributed by atoms with Crippen LogP contribution in [0.1, 0.15) is 31.5 Å². The van der Waals surface area contributed by atoms with Crippen LogP contribution in [0.25, 0.3) is 11.0 Å². The van der Waals surface area contributed by atoms with Crippen molar-refractivity contribution in [3.63, 3.8) is 0 Å². The summed E-state index contributed by atoms with van der Waals surface area (Å²) in [6, 6.07) is 8.22. The zero-order valence-electron chi connectivity index (χ0n) is 13.5. The molecule has 0 spiro atoms. The van der Waals surface area contributed by atoms with Crippen LogP contribution in [0.15, 0.2) is 24.3 Å². The Morgan fingerprint density at radius 1 is 1.13 bits per heavy atom. The summed E-state index contributed by atoms with van der Waals surface area (Å²) in [6.07, 6.45) is 3.58. The first-order valence-corrected chi connectivity index (χ1v) is 9.97. The van der Waals surface area contributed by atoms with Gasteiger partial charge in [0.15, 0.2) is 0 Å². The number of rotatable bonds is 4. The van der Waals surface area contributed by atoms with Crippen LogP contribution in [-0.4, -0.2) is 40.6 Å². The average Bonchev–Trinajstić information content (AvgIpc) is 3.35. The number of fused-ring (bicyclic) bond motifs is 1. The number of piperidine rings is 1. The molecule has 2 heterocycles. The Morgan fingerprint density at radius 2 is 1.83 bits per heavy atom. The molecule has 0 atom stereocenters. The highest BCUT2D eigenvalue weighted by Gasteiger charge is 2.41. The van der Waals surface area contributed by atoms with Gasteiger partial charge in [-0.15, -0.1) is 0 Å². The highest BCUT2D eigenvalue weighted by atomic mass is 32.2. The summed E-state index contributed by atoms with van der Waals surface area (Å²) in [6.45, 7) is 4.33. The van der Waals surface area contributed by atoms with E-state index in [1.54, 1.807) is 4.31 Å². The molecule has 0 amide bonds. The van der Waals surface area contributed by atoms with Crippen LogP contribution in [0.2, 0.25) is 0 Å². The zero-order chi connectivity index (χ0) is 16.0. The Labute approximate surface area is 137 Å². The third-order valence-electron chi connectivity index (χ3n) is 5.17. The van der Waals surface area contributed by atoms with Gasteiger partial charge >= 0.3 is 0 Å². The van der Waals surface area contributed by atoms with Gasteiger partial charge < -0.3 is 4.57 Å². The van der Waals surface area contributed by atoms with Gasteiger partial charge in [-0.1, -0.05) is 12.1 Å². The molecule has 1 saturated heterocycles. The van der Waals surface area contributed by atoms with Crippen molar-refractivity contribution in [2.45, 2.75) is 44.4 Å². The smallest absolute Gasteiger partial charge is 0.216 e. The molecule has 0 radical (unpaired) electrons. The maximum Gasteiger partial charge on any atom is 0.216 e. The fourth-order valence-corrected chi connectivity index (χ4v) is 5.48. The summed E-state index contributed by atoms with van der Waals surface area (Å²) < 4.78 is 28.6. The van der Waals surface area contributed by atoms with Gasteiger partial charge in [0.05, 0.1) is 16.3 Å². The van der Waals surface area contributed by atoms with Crippen molar-refractivity contribution < 1.29 is 8.42 Å². The fourth-order valence-electron chi connectivity index (χ4n) is 3.61. The van der Waals surface area contributed by atoms with Crippen molar-refractivity contribution in [3.05, 3.63) is 30.1 Å². The van der Waals surface area contributed by atoms with Crippen LogP contribution in [-0.2, 0) is 16.6 Å². The topological polar surface area (TPSA) is 55.2 Å². The maximum atomic E-state index is 12.3. The number of imidazole rings is 1. The third-order valence-corrected chi connectivity index (χ3v) is 7.56. The van der Waals surface area contributed by atoms with Gasteiger partial charge in [0.2, 0.25) is 10.0 Å². The summed E-state index contributed by atoms with van der Waals surface area (Å²) in [5.41, 5.74) is 2.22. The highest BCUT2D eigenvalue weighted by Crippen LogP contribution is 2.33. The molecule has 23 heavy (non-hydrogen) atoms. The molecule has 2 aliphatic rings. The molecule has 1 aliphatic carbocycles. The SMILES string of the molecule is Cc1nc2ccccc2n1CC1CCN(S(=O)(=O)C2CC2)CC1. The van der Waals surface area contributed by atoms with Crippen LogP contribution in [0.4, 0.5) is 0 Å². The van der Waals surface area contributed by atoms with E-state index in [0.717, 1.165) is 43.6 Å². The van der Waals surface area contributed by atoms with E-state index < -0.39 is 10.0 Å². The van der Waals surface area contributed by atoms with Gasteiger partial charge in [0.25, 0.3) is 0 Å². The average molecular weight is 333 g/mol. The first-order valence-electron chi connectivity index (χ1n) is 8.46. The molecule has 1 aromatic heterocycles. The first kappa shape index (κ1) is 15.1. The molecule has 0 unspecified atom stereocenters. The molecule has 2 aromatic rings. The second-order valence-electron chi connectivity index (χ2n) is 6.85. The van der Waals surface area contributed by atoms with Gasteiger partial charge in [-0.2, -0.15) is 0 Å². The molecule has 1 aromatic carbocycles. The van der Waals surface area contributed by atoms with Crippen molar-refractivity contribution in [1.29, 1.82) is 0 Å². The normalized spacial score (nSPS) is 21.1. The van der Waals surface area contributed by atoms with Gasteiger partial charge in [0, 0.05) is 19.6 Å². The van der Waals surface area contributed by atoms with E-state index in [0.29, 0.717) is 19.0 Å². The molecule has 1 aliphatic heterocycles. The molecular weight excluding hydrogens is 310 g/mol. The standard InChI is InChI=1S/C17H23N3O2S/c1-13-18-16-4-2-3-5-17(16)20(13)12-14-8-10-19(11-9-14)23(21,22)15-6-7-15/h2-5,14-15H,6-12H2,1H3. The lowest BCUT2D eigenvalue weighted by molar-refractivity contribution is 0.253. The van der Waals surface area contributed by atoms with Gasteiger partial charge in [0.1, 0.15) is 5.82 Å². The van der Waals surface area contributed by atoms with Gasteiger partial charge in [-0.3, -0.25) is 0 Å². The molecule has 4 rings (SSSR count). The molecule has 0 N–H and O–H groups in total. The van der Waals surface area contributed by atoms with Crippen molar-refractivity contribution >= 4 is 21.1 Å². The summed E-state index contributed by atoms with van der Waals surface area (Å²) >= 11 is 0. The first-order chi connectivity index (χ1) is 11.1. The zero-order valence-corrected chi connectivity index (χ0v) is 14.3. The fraction of sp³-hybridized carbons (Fsp3) is 0.588. The number of aromatic nitrogens is 2. The predicted molar refractivity (Wildman–Crippen MR) is 90.7 cm³/mol. The summed E-state index contributed by atoms with van der Waals surface area (Å²) in [7, 11) is -3.00. The Hall–Kier alpha value is -1.40. The van der Waals surface area contributed by atoms with E-state index in [2.05, 4.69) is 15.6 Å². The minimum absolute atomic E-state index is 0.0844. The number of para-hydroxylation sites is 2.